The number of fused-ring (bicyclic) bond motifs is 1. The maximum Gasteiger partial charge on any atom is 0.267 e. The molecule has 0 aliphatic heterocycles. The molecular weight excluding hydrogens is 266 g/mol. The third-order valence-electron chi connectivity index (χ3n) is 2.52. The molecule has 0 aromatic carbocycles. The van der Waals surface area contributed by atoms with Gasteiger partial charge in [0.25, 0.3) is 5.91 Å². The first-order valence-electron chi connectivity index (χ1n) is 5.21. The van der Waals surface area contributed by atoms with Crippen molar-refractivity contribution in [2.75, 3.05) is 11.1 Å². The van der Waals surface area contributed by atoms with E-state index in [2.05, 4.69) is 10.3 Å². The Morgan fingerprint density at radius 2 is 2.28 bits per heavy atom. The quantitative estimate of drug-likeness (QED) is 0.754. The van der Waals surface area contributed by atoms with Crippen molar-refractivity contribution in [3.8, 4) is 0 Å². The third-order valence-corrected chi connectivity index (χ3v) is 4.35. The number of rotatable bonds is 2. The molecule has 0 unspecified atom stereocenters. The zero-order chi connectivity index (χ0) is 12.5. The number of carbonyl (C=O) groups is 1. The van der Waals surface area contributed by atoms with Crippen LogP contribution in [0, 0.1) is 0 Å². The summed E-state index contributed by atoms with van der Waals surface area (Å²) in [6, 6.07) is 3.68. The van der Waals surface area contributed by atoms with Crippen LogP contribution in [0.15, 0.2) is 35.3 Å². The Balaban J connectivity index is 1.99. The molecule has 18 heavy (non-hydrogen) atoms. The fourth-order valence-corrected chi connectivity index (χ4v) is 3.24. The van der Waals surface area contributed by atoms with Gasteiger partial charge >= 0.3 is 0 Å². The number of hydrogen-bond donors (Lipinski definition) is 2. The van der Waals surface area contributed by atoms with Crippen LogP contribution in [0.25, 0.3) is 10.1 Å². The van der Waals surface area contributed by atoms with Gasteiger partial charge in [-0.25, -0.2) is 0 Å². The summed E-state index contributed by atoms with van der Waals surface area (Å²) < 4.78 is 0.922. The van der Waals surface area contributed by atoms with Crippen LogP contribution in [0.1, 0.15) is 9.67 Å². The average Bonchev–Trinajstić information content (AvgIpc) is 2.98. The Morgan fingerprint density at radius 3 is 3.00 bits per heavy atom. The van der Waals surface area contributed by atoms with Crippen molar-refractivity contribution in [3.63, 3.8) is 0 Å². The van der Waals surface area contributed by atoms with Gasteiger partial charge in [0.2, 0.25) is 0 Å². The molecule has 90 valence electrons. The number of nitrogen functional groups attached to an aromatic ring is 1. The number of anilines is 2. The van der Waals surface area contributed by atoms with E-state index in [9.17, 15) is 4.79 Å². The summed E-state index contributed by atoms with van der Waals surface area (Å²) in [6.07, 6.45) is 3.39. The lowest BCUT2D eigenvalue weighted by atomic mass is 10.2. The second kappa shape index (κ2) is 4.40. The zero-order valence-electron chi connectivity index (χ0n) is 9.21. The van der Waals surface area contributed by atoms with Crippen LogP contribution in [0.4, 0.5) is 11.4 Å². The minimum absolute atomic E-state index is 0.174. The van der Waals surface area contributed by atoms with Gasteiger partial charge in [-0.3, -0.25) is 9.78 Å². The number of pyridine rings is 1. The smallest absolute Gasteiger partial charge is 0.267 e. The van der Waals surface area contributed by atoms with Crippen molar-refractivity contribution in [3.05, 3.63) is 40.2 Å². The Kier molecular flexibility index (Phi) is 2.73. The number of nitrogens with zero attached hydrogens (tertiary/aromatic N) is 1. The molecule has 0 aliphatic carbocycles. The van der Waals surface area contributed by atoms with Crippen molar-refractivity contribution in [1.29, 1.82) is 0 Å². The minimum Gasteiger partial charge on any atom is -0.397 e. The molecule has 0 saturated heterocycles. The summed E-state index contributed by atoms with van der Waals surface area (Å²) in [7, 11) is 0. The Labute approximate surface area is 111 Å². The first kappa shape index (κ1) is 11.2. The molecular formula is C12H9N3OS2. The van der Waals surface area contributed by atoms with E-state index >= 15 is 0 Å². The predicted octanol–water partition coefficient (Wildman–Crippen LogP) is 3.19. The minimum atomic E-state index is -0.174. The number of nitrogens with two attached hydrogens (primary N) is 1. The second-order valence-electron chi connectivity index (χ2n) is 3.68. The highest BCUT2D eigenvalue weighted by Gasteiger charge is 2.16. The fourth-order valence-electron chi connectivity index (χ4n) is 1.66. The van der Waals surface area contributed by atoms with Crippen molar-refractivity contribution < 1.29 is 4.79 Å². The van der Waals surface area contributed by atoms with Gasteiger partial charge < -0.3 is 11.1 Å². The molecule has 4 nitrogen and oxygen atoms in total. The van der Waals surface area contributed by atoms with Crippen LogP contribution in [0.5, 0.6) is 0 Å². The molecule has 1 amide bonds. The van der Waals surface area contributed by atoms with Gasteiger partial charge in [0.15, 0.2) is 0 Å². The van der Waals surface area contributed by atoms with E-state index in [0.717, 1.165) is 15.8 Å². The van der Waals surface area contributed by atoms with Gasteiger partial charge in [0, 0.05) is 23.2 Å². The molecule has 0 fully saturated rings. The molecule has 3 aromatic rings. The highest BCUT2D eigenvalue weighted by atomic mass is 32.1. The van der Waals surface area contributed by atoms with Crippen LogP contribution in [0.2, 0.25) is 0 Å². The SMILES string of the molecule is Nc1c(C(=O)Nc2ccsc2)sc2cnccc12. The van der Waals surface area contributed by atoms with Crippen LogP contribution >= 0.6 is 22.7 Å². The maximum absolute atomic E-state index is 12.1. The summed E-state index contributed by atoms with van der Waals surface area (Å²) in [4.78, 5) is 16.7. The summed E-state index contributed by atoms with van der Waals surface area (Å²) in [6.45, 7) is 0. The van der Waals surface area contributed by atoms with Crippen molar-refractivity contribution in [1.82, 2.24) is 4.98 Å². The molecule has 3 rings (SSSR count). The predicted molar refractivity (Wildman–Crippen MR) is 76.3 cm³/mol. The first-order chi connectivity index (χ1) is 8.75. The van der Waals surface area contributed by atoms with E-state index in [1.54, 1.807) is 12.4 Å². The Morgan fingerprint density at radius 1 is 1.39 bits per heavy atom. The third kappa shape index (κ3) is 1.85. The number of hydrogen-bond acceptors (Lipinski definition) is 5. The first-order valence-corrected chi connectivity index (χ1v) is 6.97. The maximum atomic E-state index is 12.1. The molecule has 0 atom stereocenters. The summed E-state index contributed by atoms with van der Waals surface area (Å²) in [5, 5.41) is 7.49. The highest BCUT2D eigenvalue weighted by molar-refractivity contribution is 7.21. The van der Waals surface area contributed by atoms with Gasteiger partial charge in [0.1, 0.15) is 4.88 Å². The molecule has 0 aliphatic rings. The van der Waals surface area contributed by atoms with Crippen molar-refractivity contribution in [2.45, 2.75) is 0 Å². The van der Waals surface area contributed by atoms with E-state index in [4.69, 9.17) is 5.73 Å². The van der Waals surface area contributed by atoms with E-state index in [1.807, 2.05) is 22.9 Å². The molecule has 6 heteroatoms. The van der Waals surface area contributed by atoms with Crippen LogP contribution in [-0.2, 0) is 0 Å². The van der Waals surface area contributed by atoms with E-state index in [0.29, 0.717) is 10.6 Å². The molecule has 3 heterocycles. The van der Waals surface area contributed by atoms with Crippen LogP contribution in [0.3, 0.4) is 0 Å². The fraction of sp³-hybridized carbons (Fsp3) is 0. The summed E-state index contributed by atoms with van der Waals surface area (Å²) >= 11 is 2.89. The van der Waals surface area contributed by atoms with Crippen molar-refractivity contribution in [2.24, 2.45) is 0 Å². The van der Waals surface area contributed by atoms with Crippen LogP contribution < -0.4 is 11.1 Å². The lowest BCUT2D eigenvalue weighted by Crippen LogP contribution is -2.11. The van der Waals surface area contributed by atoms with Gasteiger partial charge in [-0.1, -0.05) is 0 Å². The number of nitrogens with one attached hydrogen (secondary N) is 1. The van der Waals surface area contributed by atoms with Gasteiger partial charge in [-0.05, 0) is 17.5 Å². The monoisotopic (exact) mass is 275 g/mol. The lowest BCUT2D eigenvalue weighted by Gasteiger charge is -2.00. The van der Waals surface area contributed by atoms with Crippen molar-refractivity contribution >= 4 is 50.0 Å². The van der Waals surface area contributed by atoms with Crippen LogP contribution in [-0.4, -0.2) is 10.9 Å². The van der Waals surface area contributed by atoms with Gasteiger partial charge in [0.05, 0.1) is 16.1 Å². The average molecular weight is 275 g/mol. The number of amides is 1. The number of thiophene rings is 2. The van der Waals surface area contributed by atoms with E-state index in [-0.39, 0.29) is 5.91 Å². The number of carbonyl (C=O) groups excluding carboxylic acids is 1. The molecule has 0 saturated carbocycles. The summed E-state index contributed by atoms with van der Waals surface area (Å²) in [5.74, 6) is -0.174. The topological polar surface area (TPSA) is 68.0 Å². The molecule has 3 aromatic heterocycles. The van der Waals surface area contributed by atoms with E-state index < -0.39 is 0 Å². The molecule has 0 bridgehead atoms. The van der Waals surface area contributed by atoms with Gasteiger partial charge in [-0.2, -0.15) is 11.3 Å². The number of aromatic nitrogens is 1. The Bertz CT molecular complexity index is 703. The standard InChI is InChI=1S/C12H9N3OS2/c13-10-8-1-3-14-5-9(8)18-11(10)12(16)15-7-2-4-17-6-7/h1-6H,13H2,(H,15,16). The second-order valence-corrected chi connectivity index (χ2v) is 5.52. The molecule has 0 spiro atoms. The largest absolute Gasteiger partial charge is 0.397 e. The Hall–Kier alpha value is -1.92. The molecule has 0 radical (unpaired) electrons. The van der Waals surface area contributed by atoms with Gasteiger partial charge in [-0.15, -0.1) is 11.3 Å². The normalized spacial score (nSPS) is 10.7. The zero-order valence-corrected chi connectivity index (χ0v) is 10.8. The molecule has 3 N–H and O–H groups in total. The highest BCUT2D eigenvalue weighted by Crippen LogP contribution is 2.33. The lowest BCUT2D eigenvalue weighted by molar-refractivity contribution is 0.103. The van der Waals surface area contributed by atoms with E-state index in [1.165, 1.54) is 22.7 Å². The summed E-state index contributed by atoms with van der Waals surface area (Å²) in [5.41, 5.74) is 7.30.